The number of nitrogens with two attached hydrogens (primary N) is 1. The Morgan fingerprint density at radius 1 is 1.09 bits per heavy atom. The largest absolute Gasteiger partial charge is 0.454 e. The number of hydrogen-bond donors (Lipinski definition) is 1. The van der Waals surface area contributed by atoms with Crippen molar-refractivity contribution in [3.63, 3.8) is 0 Å². The molecule has 1 atom stereocenters. The van der Waals surface area contributed by atoms with E-state index in [0.717, 1.165) is 38.1 Å². The quantitative estimate of drug-likeness (QED) is 0.230. The zero-order valence-electron chi connectivity index (χ0n) is 24.6. The van der Waals surface area contributed by atoms with Crippen molar-refractivity contribution in [2.24, 2.45) is 5.92 Å². The van der Waals surface area contributed by atoms with Gasteiger partial charge in [0.2, 0.25) is 5.82 Å². The second kappa shape index (κ2) is 12.6. The molecule has 4 heterocycles. The lowest BCUT2D eigenvalue weighted by molar-refractivity contribution is -0.128. The van der Waals surface area contributed by atoms with E-state index in [1.165, 1.54) is 30.6 Å². The highest BCUT2D eigenvalue weighted by atomic mass is 19.2. The van der Waals surface area contributed by atoms with Gasteiger partial charge in [0.05, 0.1) is 11.4 Å². The summed E-state index contributed by atoms with van der Waals surface area (Å²) in [5, 5.41) is 14.9. The molecule has 45 heavy (non-hydrogen) atoms. The Labute approximate surface area is 257 Å². The Bertz CT molecular complexity index is 1830. The summed E-state index contributed by atoms with van der Waals surface area (Å²) in [6.45, 7) is 2.61. The molecule has 4 aromatic rings. The van der Waals surface area contributed by atoms with Crippen LogP contribution in [0.25, 0.3) is 22.3 Å². The Hall–Kier alpha value is -4.96. The number of amides is 1. The number of benzene rings is 2. The van der Waals surface area contributed by atoms with Gasteiger partial charge in [0.1, 0.15) is 41.0 Å². The molecular weight excluding hydrogens is 585 g/mol. The molecule has 0 unspecified atom stereocenters. The monoisotopic (exact) mass is 616 g/mol. The van der Waals surface area contributed by atoms with E-state index in [9.17, 15) is 18.8 Å². The Morgan fingerprint density at radius 3 is 2.64 bits per heavy atom. The SMILES string of the molecule is CN1CCC(C=C(C#N)C(=O)N2CCC[C@@H](n3nc(-c4ccc(Oc5cccc(F)c5F)cc4F)c4c(N)ncnc43)C2)CC1. The highest BCUT2D eigenvalue weighted by Crippen LogP contribution is 2.37. The fraction of sp³-hybridized carbons (Fsp3) is 0.344. The van der Waals surface area contributed by atoms with E-state index < -0.39 is 17.5 Å². The summed E-state index contributed by atoms with van der Waals surface area (Å²) >= 11 is 0. The Kier molecular flexibility index (Phi) is 8.40. The van der Waals surface area contributed by atoms with Crippen molar-refractivity contribution in [2.45, 2.75) is 31.7 Å². The lowest BCUT2D eigenvalue weighted by Crippen LogP contribution is -2.41. The van der Waals surface area contributed by atoms with Crippen LogP contribution < -0.4 is 10.5 Å². The molecule has 2 aromatic carbocycles. The first-order valence-electron chi connectivity index (χ1n) is 14.7. The minimum atomic E-state index is -1.18. The zero-order valence-corrected chi connectivity index (χ0v) is 24.6. The molecule has 10 nitrogen and oxygen atoms in total. The van der Waals surface area contributed by atoms with Gasteiger partial charge in [-0.25, -0.2) is 23.4 Å². The molecular formula is C32H31F3N8O2. The highest BCUT2D eigenvalue weighted by Gasteiger charge is 2.31. The van der Waals surface area contributed by atoms with Gasteiger partial charge in [0, 0.05) is 24.7 Å². The lowest BCUT2D eigenvalue weighted by atomic mass is 9.94. The first kappa shape index (κ1) is 30.1. The van der Waals surface area contributed by atoms with Crippen molar-refractivity contribution in [3.05, 3.63) is 71.8 Å². The van der Waals surface area contributed by atoms with Gasteiger partial charge in [-0.3, -0.25) is 4.79 Å². The van der Waals surface area contributed by atoms with Crippen molar-refractivity contribution < 1.29 is 22.7 Å². The second-order valence-corrected chi connectivity index (χ2v) is 11.4. The van der Waals surface area contributed by atoms with Crippen molar-refractivity contribution >= 4 is 22.8 Å². The average Bonchev–Trinajstić information content (AvgIpc) is 3.43. The number of nitriles is 1. The van der Waals surface area contributed by atoms with Crippen LogP contribution in [0.15, 0.2) is 54.4 Å². The molecule has 2 aliphatic heterocycles. The molecule has 2 fully saturated rings. The number of rotatable bonds is 6. The van der Waals surface area contributed by atoms with Gasteiger partial charge in [0.15, 0.2) is 17.2 Å². The van der Waals surface area contributed by atoms with Crippen molar-refractivity contribution in [2.75, 3.05) is 39.0 Å². The number of aromatic nitrogens is 4. The van der Waals surface area contributed by atoms with Crippen LogP contribution in [0.3, 0.4) is 0 Å². The number of piperidine rings is 2. The number of carbonyl (C=O) groups is 1. The third kappa shape index (κ3) is 6.06. The standard InChI is InChI=1S/C32H31F3N8O2/c1-41-12-9-19(10-13-41)14-20(16-36)32(44)42-11-3-4-21(17-42)43-31-27(30(37)38-18-39-31)29(40-43)23-8-7-22(15-25(23)34)45-26-6-2-5-24(33)28(26)35/h2,5-8,14-15,18-19,21H,3-4,9-13,17H2,1H3,(H2,37,38,39)/t21-/m1/s1. The highest BCUT2D eigenvalue weighted by molar-refractivity contribution is 5.99. The molecule has 2 N–H and O–H groups in total. The number of hydrogen-bond acceptors (Lipinski definition) is 8. The predicted molar refractivity (Wildman–Crippen MR) is 160 cm³/mol. The zero-order chi connectivity index (χ0) is 31.7. The number of likely N-dealkylation sites (tertiary alicyclic amines) is 2. The van der Waals surface area contributed by atoms with E-state index in [4.69, 9.17) is 15.6 Å². The maximum atomic E-state index is 15.6. The number of nitrogen functional groups attached to an aromatic ring is 1. The summed E-state index contributed by atoms with van der Waals surface area (Å²) in [5.74, 6) is -3.48. The second-order valence-electron chi connectivity index (χ2n) is 11.4. The summed E-state index contributed by atoms with van der Waals surface area (Å²) in [6, 6.07) is 9.13. The van der Waals surface area contributed by atoms with E-state index in [1.807, 2.05) is 6.08 Å². The number of anilines is 1. The molecule has 0 spiro atoms. The van der Waals surface area contributed by atoms with Crippen molar-refractivity contribution in [1.29, 1.82) is 5.26 Å². The minimum absolute atomic E-state index is 0.0447. The van der Waals surface area contributed by atoms with Crippen molar-refractivity contribution in [1.82, 2.24) is 29.5 Å². The number of carbonyl (C=O) groups excluding carboxylic acids is 1. The third-order valence-electron chi connectivity index (χ3n) is 8.40. The third-order valence-corrected chi connectivity index (χ3v) is 8.40. The van der Waals surface area contributed by atoms with E-state index in [2.05, 4.69) is 28.0 Å². The first-order chi connectivity index (χ1) is 21.7. The lowest BCUT2D eigenvalue weighted by Gasteiger charge is -2.33. The molecule has 2 saturated heterocycles. The van der Waals surface area contributed by atoms with E-state index in [1.54, 1.807) is 9.58 Å². The van der Waals surface area contributed by atoms with Crippen LogP contribution in [0, 0.1) is 34.7 Å². The number of allylic oxidation sites excluding steroid dienone is 1. The summed E-state index contributed by atoms with van der Waals surface area (Å²) < 4.78 is 50.3. The van der Waals surface area contributed by atoms with Gasteiger partial charge < -0.3 is 20.3 Å². The van der Waals surface area contributed by atoms with E-state index in [0.29, 0.717) is 30.4 Å². The Balaban J connectivity index is 1.28. The molecule has 2 aromatic heterocycles. The van der Waals surface area contributed by atoms with Gasteiger partial charge in [-0.15, -0.1) is 0 Å². The summed E-state index contributed by atoms with van der Waals surface area (Å²) in [7, 11) is 2.06. The normalized spacial score (nSPS) is 18.2. The van der Waals surface area contributed by atoms with Crippen LogP contribution in [-0.2, 0) is 4.79 Å². The Morgan fingerprint density at radius 2 is 1.89 bits per heavy atom. The predicted octanol–water partition coefficient (Wildman–Crippen LogP) is 5.24. The molecule has 0 saturated carbocycles. The van der Waals surface area contributed by atoms with Crippen LogP contribution in [0.4, 0.5) is 19.0 Å². The number of halogens is 3. The molecule has 13 heteroatoms. The van der Waals surface area contributed by atoms with Gasteiger partial charge in [-0.05, 0) is 76.0 Å². The maximum Gasteiger partial charge on any atom is 0.264 e. The van der Waals surface area contributed by atoms with Gasteiger partial charge in [-0.2, -0.15) is 14.8 Å². The van der Waals surface area contributed by atoms with Gasteiger partial charge in [0.25, 0.3) is 5.91 Å². The molecule has 0 radical (unpaired) electrons. The van der Waals surface area contributed by atoms with E-state index in [-0.39, 0.29) is 58.6 Å². The number of ether oxygens (including phenoxy) is 1. The number of nitrogens with zero attached hydrogens (tertiary/aromatic N) is 7. The van der Waals surface area contributed by atoms with Crippen LogP contribution >= 0.6 is 0 Å². The minimum Gasteiger partial charge on any atom is -0.454 e. The van der Waals surface area contributed by atoms with Gasteiger partial charge in [-0.1, -0.05) is 12.1 Å². The average molecular weight is 617 g/mol. The molecule has 232 valence electrons. The van der Waals surface area contributed by atoms with E-state index >= 15 is 4.39 Å². The summed E-state index contributed by atoms with van der Waals surface area (Å²) in [4.78, 5) is 25.9. The summed E-state index contributed by atoms with van der Waals surface area (Å²) in [6.07, 6.45) is 6.23. The molecule has 1 amide bonds. The van der Waals surface area contributed by atoms with Crippen LogP contribution in [0.2, 0.25) is 0 Å². The molecule has 0 aliphatic carbocycles. The van der Waals surface area contributed by atoms with Crippen LogP contribution in [0.1, 0.15) is 31.7 Å². The first-order valence-corrected chi connectivity index (χ1v) is 14.7. The number of fused-ring (bicyclic) bond motifs is 1. The van der Waals surface area contributed by atoms with Crippen LogP contribution in [-0.4, -0.2) is 68.7 Å². The topological polar surface area (TPSA) is 126 Å². The fourth-order valence-corrected chi connectivity index (χ4v) is 5.98. The summed E-state index contributed by atoms with van der Waals surface area (Å²) in [5.41, 5.74) is 7.02. The van der Waals surface area contributed by atoms with Crippen LogP contribution in [0.5, 0.6) is 11.5 Å². The fourth-order valence-electron chi connectivity index (χ4n) is 5.98. The molecule has 6 rings (SSSR count). The molecule has 0 bridgehead atoms. The smallest absolute Gasteiger partial charge is 0.264 e. The molecule has 2 aliphatic rings. The van der Waals surface area contributed by atoms with Crippen molar-refractivity contribution in [3.8, 4) is 28.8 Å². The van der Waals surface area contributed by atoms with Gasteiger partial charge >= 0.3 is 0 Å². The maximum absolute atomic E-state index is 15.6.